The number of thiocarbonyl (C=S) groups is 1. The molecule has 0 spiro atoms. The lowest BCUT2D eigenvalue weighted by atomic mass is 10.1. The van der Waals surface area contributed by atoms with Crippen molar-refractivity contribution in [1.29, 1.82) is 0 Å². The summed E-state index contributed by atoms with van der Waals surface area (Å²) in [7, 11) is 0. The highest BCUT2D eigenvalue weighted by molar-refractivity contribution is 9.10. The SMILES string of the molecule is Cc1ccc(N(/N=C2/C(=O)Nc3ccc(C)c(Br)c32)C(N)=S)cc1. The zero-order valence-corrected chi connectivity index (χ0v) is 15.5. The normalized spacial score (nSPS) is 14.5. The molecule has 7 heteroatoms. The number of anilines is 2. The third-order valence-corrected chi connectivity index (χ3v) is 4.92. The molecule has 1 heterocycles. The molecule has 0 saturated heterocycles. The first-order valence-corrected chi connectivity index (χ1v) is 8.44. The first-order chi connectivity index (χ1) is 11.4. The number of nitrogens with zero attached hydrogens (tertiary/aromatic N) is 2. The molecule has 0 atom stereocenters. The minimum Gasteiger partial charge on any atom is -0.374 e. The van der Waals surface area contributed by atoms with Gasteiger partial charge in [0.15, 0.2) is 10.8 Å². The standard InChI is InChI=1S/C17H15BrN4OS/c1-9-3-6-11(7-4-9)22(17(19)24)21-15-13-12(20-16(15)23)8-5-10(2)14(13)18/h3-8H,1-2H3,(H2,19,24)(H,20,21,23). The van der Waals surface area contributed by atoms with Crippen molar-refractivity contribution in [3.63, 3.8) is 0 Å². The molecule has 24 heavy (non-hydrogen) atoms. The predicted molar refractivity (Wildman–Crippen MR) is 104 cm³/mol. The molecule has 3 N–H and O–H groups in total. The van der Waals surface area contributed by atoms with Gasteiger partial charge in [-0.05, 0) is 65.8 Å². The van der Waals surface area contributed by atoms with Gasteiger partial charge in [0.25, 0.3) is 5.91 Å². The van der Waals surface area contributed by atoms with Gasteiger partial charge in [-0.1, -0.05) is 23.8 Å². The zero-order chi connectivity index (χ0) is 17.4. The molecule has 1 aliphatic heterocycles. The zero-order valence-electron chi connectivity index (χ0n) is 13.1. The van der Waals surface area contributed by atoms with E-state index in [0.29, 0.717) is 16.9 Å². The van der Waals surface area contributed by atoms with Crippen LogP contribution in [0.3, 0.4) is 0 Å². The monoisotopic (exact) mass is 402 g/mol. The Labute approximate surface area is 153 Å². The number of rotatable bonds is 2. The molecule has 0 fully saturated rings. The van der Waals surface area contributed by atoms with Crippen LogP contribution < -0.4 is 16.1 Å². The molecule has 0 aromatic heterocycles. The number of fused-ring (bicyclic) bond motifs is 1. The molecule has 2 aromatic carbocycles. The average Bonchev–Trinajstić information content (AvgIpc) is 2.86. The van der Waals surface area contributed by atoms with E-state index in [1.807, 2.05) is 50.2 Å². The number of halogens is 1. The van der Waals surface area contributed by atoms with Crippen molar-refractivity contribution in [3.05, 3.63) is 57.6 Å². The van der Waals surface area contributed by atoms with Crippen LogP contribution in [0.25, 0.3) is 0 Å². The average molecular weight is 403 g/mol. The van der Waals surface area contributed by atoms with Crippen molar-refractivity contribution in [1.82, 2.24) is 0 Å². The van der Waals surface area contributed by atoms with Crippen molar-refractivity contribution >= 4 is 56.3 Å². The molecule has 0 unspecified atom stereocenters. The Morgan fingerprint density at radius 2 is 1.88 bits per heavy atom. The molecule has 0 saturated carbocycles. The maximum atomic E-state index is 12.4. The highest BCUT2D eigenvalue weighted by Crippen LogP contribution is 2.33. The van der Waals surface area contributed by atoms with E-state index in [9.17, 15) is 4.79 Å². The van der Waals surface area contributed by atoms with Gasteiger partial charge >= 0.3 is 0 Å². The highest BCUT2D eigenvalue weighted by Gasteiger charge is 2.30. The fraction of sp³-hybridized carbons (Fsp3) is 0.118. The highest BCUT2D eigenvalue weighted by atomic mass is 79.9. The smallest absolute Gasteiger partial charge is 0.276 e. The lowest BCUT2D eigenvalue weighted by molar-refractivity contribution is -0.110. The number of nitrogens with one attached hydrogen (secondary N) is 1. The summed E-state index contributed by atoms with van der Waals surface area (Å²) >= 11 is 8.65. The van der Waals surface area contributed by atoms with Crippen LogP contribution >= 0.6 is 28.1 Å². The largest absolute Gasteiger partial charge is 0.374 e. The third kappa shape index (κ3) is 2.92. The maximum Gasteiger partial charge on any atom is 0.276 e. The summed E-state index contributed by atoms with van der Waals surface area (Å²) in [6.45, 7) is 3.94. The number of carbonyl (C=O) groups is 1. The van der Waals surface area contributed by atoms with Crippen LogP contribution in [0.4, 0.5) is 11.4 Å². The third-order valence-electron chi connectivity index (χ3n) is 3.72. The van der Waals surface area contributed by atoms with Gasteiger partial charge in [-0.25, -0.2) is 5.01 Å². The summed E-state index contributed by atoms with van der Waals surface area (Å²) < 4.78 is 0.823. The minimum atomic E-state index is -0.287. The Morgan fingerprint density at radius 1 is 1.21 bits per heavy atom. The molecular formula is C17H15BrN4OS. The Kier molecular flexibility index (Phi) is 4.38. The van der Waals surface area contributed by atoms with Crippen LogP contribution in [-0.2, 0) is 4.79 Å². The first kappa shape index (κ1) is 16.6. The molecule has 0 radical (unpaired) electrons. The van der Waals surface area contributed by atoms with E-state index in [0.717, 1.165) is 15.6 Å². The quantitative estimate of drug-likeness (QED) is 0.595. The fourth-order valence-corrected chi connectivity index (χ4v) is 3.11. The van der Waals surface area contributed by atoms with Gasteiger partial charge in [-0.2, -0.15) is 5.10 Å². The Balaban J connectivity index is 2.13. The number of amides is 1. The molecule has 3 rings (SSSR count). The van der Waals surface area contributed by atoms with Crippen LogP contribution in [0.5, 0.6) is 0 Å². The van der Waals surface area contributed by atoms with Gasteiger partial charge in [0.05, 0.1) is 11.4 Å². The molecule has 0 bridgehead atoms. The van der Waals surface area contributed by atoms with Crippen molar-refractivity contribution in [2.75, 3.05) is 10.3 Å². The number of carbonyl (C=O) groups excluding carboxylic acids is 1. The number of hydrazone groups is 1. The molecule has 2 aromatic rings. The molecule has 122 valence electrons. The summed E-state index contributed by atoms with van der Waals surface area (Å²) in [6, 6.07) is 11.4. The van der Waals surface area contributed by atoms with Crippen molar-refractivity contribution in [2.45, 2.75) is 13.8 Å². The van der Waals surface area contributed by atoms with Gasteiger partial charge in [0.2, 0.25) is 0 Å². The van der Waals surface area contributed by atoms with E-state index in [2.05, 4.69) is 26.3 Å². The number of hydrogen-bond acceptors (Lipinski definition) is 3. The second-order valence-corrected chi connectivity index (χ2v) is 6.72. The molecule has 1 amide bonds. The van der Waals surface area contributed by atoms with E-state index >= 15 is 0 Å². The van der Waals surface area contributed by atoms with Gasteiger partial charge < -0.3 is 11.1 Å². The summed E-state index contributed by atoms with van der Waals surface area (Å²) in [5.41, 5.74) is 10.3. The van der Waals surface area contributed by atoms with Gasteiger partial charge in [-0.15, -0.1) is 0 Å². The second-order valence-electron chi connectivity index (χ2n) is 5.51. The number of hydrogen-bond donors (Lipinski definition) is 2. The molecule has 0 aliphatic carbocycles. The summed E-state index contributed by atoms with van der Waals surface area (Å²) in [5, 5.41) is 8.71. The Bertz CT molecular complexity index is 877. The molecular weight excluding hydrogens is 388 g/mol. The van der Waals surface area contributed by atoms with Crippen LogP contribution in [0.1, 0.15) is 16.7 Å². The van der Waals surface area contributed by atoms with E-state index < -0.39 is 0 Å². The van der Waals surface area contributed by atoms with Crippen LogP contribution in [0, 0.1) is 13.8 Å². The summed E-state index contributed by atoms with van der Waals surface area (Å²) in [4.78, 5) is 12.4. The number of benzene rings is 2. The van der Waals surface area contributed by atoms with Crippen LogP contribution in [0.15, 0.2) is 46.0 Å². The first-order valence-electron chi connectivity index (χ1n) is 7.24. The summed E-state index contributed by atoms with van der Waals surface area (Å²) in [6.07, 6.45) is 0. The minimum absolute atomic E-state index is 0.0661. The molecule has 1 aliphatic rings. The van der Waals surface area contributed by atoms with Crippen molar-refractivity contribution < 1.29 is 4.79 Å². The number of nitrogens with two attached hydrogens (primary N) is 1. The van der Waals surface area contributed by atoms with Gasteiger partial charge in [0, 0.05) is 10.0 Å². The Morgan fingerprint density at radius 3 is 2.50 bits per heavy atom. The van der Waals surface area contributed by atoms with E-state index in [1.54, 1.807) is 0 Å². The van der Waals surface area contributed by atoms with Crippen molar-refractivity contribution in [3.8, 4) is 0 Å². The second kappa shape index (κ2) is 6.33. The topological polar surface area (TPSA) is 70.7 Å². The van der Waals surface area contributed by atoms with Gasteiger partial charge in [0.1, 0.15) is 0 Å². The van der Waals surface area contributed by atoms with Gasteiger partial charge in [-0.3, -0.25) is 4.79 Å². The lowest BCUT2D eigenvalue weighted by Gasteiger charge is -2.18. The van der Waals surface area contributed by atoms with Crippen LogP contribution in [-0.4, -0.2) is 16.7 Å². The Hall–Kier alpha value is -2.25. The summed E-state index contributed by atoms with van der Waals surface area (Å²) in [5.74, 6) is -0.287. The predicted octanol–water partition coefficient (Wildman–Crippen LogP) is 3.47. The maximum absolute atomic E-state index is 12.4. The van der Waals surface area contributed by atoms with E-state index in [4.69, 9.17) is 18.0 Å². The van der Waals surface area contributed by atoms with E-state index in [1.165, 1.54) is 5.01 Å². The lowest BCUT2D eigenvalue weighted by Crippen LogP contribution is -2.33. The van der Waals surface area contributed by atoms with Crippen molar-refractivity contribution in [2.24, 2.45) is 10.8 Å². The van der Waals surface area contributed by atoms with E-state index in [-0.39, 0.29) is 16.7 Å². The number of aryl methyl sites for hydroxylation is 2. The fourth-order valence-electron chi connectivity index (χ4n) is 2.43. The van der Waals surface area contributed by atoms with Crippen LogP contribution in [0.2, 0.25) is 0 Å². The molecule has 5 nitrogen and oxygen atoms in total.